The van der Waals surface area contributed by atoms with Crippen molar-refractivity contribution in [2.45, 2.75) is 63.5 Å². The zero-order valence-corrected chi connectivity index (χ0v) is 16.4. The molecule has 0 radical (unpaired) electrons. The van der Waals surface area contributed by atoms with Crippen LogP contribution in [-0.2, 0) is 20.8 Å². The molecular weight excluding hydrogens is 393 g/mol. The zero-order chi connectivity index (χ0) is 21.1. The molecule has 3 fully saturated rings. The van der Waals surface area contributed by atoms with Crippen molar-refractivity contribution < 1.29 is 37.1 Å². The van der Waals surface area contributed by atoms with Crippen LogP contribution in [0.25, 0.3) is 0 Å². The summed E-state index contributed by atoms with van der Waals surface area (Å²) in [5, 5.41) is 11.2. The molecule has 4 rings (SSSR count). The highest BCUT2D eigenvalue weighted by Crippen LogP contribution is 2.37. The van der Waals surface area contributed by atoms with Crippen molar-refractivity contribution >= 4 is 5.97 Å². The van der Waals surface area contributed by atoms with E-state index < -0.39 is 12.1 Å². The van der Waals surface area contributed by atoms with Gasteiger partial charge in [0.1, 0.15) is 5.76 Å². The second kappa shape index (κ2) is 9.01. The topological polar surface area (TPSA) is 85.0 Å². The van der Waals surface area contributed by atoms with E-state index in [1.54, 1.807) is 0 Å². The number of carboxylic acid groups (broad SMARTS) is 1. The molecule has 29 heavy (non-hydrogen) atoms. The molecule has 7 nitrogen and oxygen atoms in total. The molecule has 2 saturated heterocycles. The molecule has 1 saturated carbocycles. The predicted molar refractivity (Wildman–Crippen MR) is 95.2 cm³/mol. The van der Waals surface area contributed by atoms with Gasteiger partial charge in [-0.15, -0.1) is 0 Å². The molecule has 1 aromatic heterocycles. The highest BCUT2D eigenvalue weighted by atomic mass is 19.4. The summed E-state index contributed by atoms with van der Waals surface area (Å²) < 4.78 is 49.2. The summed E-state index contributed by atoms with van der Waals surface area (Å²) in [6.45, 7) is 6.61. The Morgan fingerprint density at radius 2 is 2.17 bits per heavy atom. The number of carboxylic acids is 1. The normalized spacial score (nSPS) is 27.7. The summed E-state index contributed by atoms with van der Waals surface area (Å²) in [6.07, 6.45) is 1.31. The number of hydrogen-bond donors (Lipinski definition) is 1. The molecule has 1 aromatic rings. The molecule has 0 amide bonds. The van der Waals surface area contributed by atoms with Gasteiger partial charge in [0.05, 0.1) is 24.0 Å². The van der Waals surface area contributed by atoms with Gasteiger partial charge < -0.3 is 19.1 Å². The molecule has 3 aliphatic rings. The molecule has 2 aliphatic heterocycles. The Labute approximate surface area is 167 Å². The summed E-state index contributed by atoms with van der Waals surface area (Å²) in [6, 6.07) is 2.03. The van der Waals surface area contributed by atoms with Crippen molar-refractivity contribution in [3.05, 3.63) is 17.5 Å². The van der Waals surface area contributed by atoms with E-state index in [9.17, 15) is 13.2 Å². The smallest absolute Gasteiger partial charge is 0.475 e. The number of aromatic nitrogens is 1. The Bertz CT molecular complexity index is 692. The predicted octanol–water partition coefficient (Wildman–Crippen LogP) is 3.17. The second-order valence-corrected chi connectivity index (χ2v) is 8.14. The average Bonchev–Trinajstić information content (AvgIpc) is 3.27. The number of nitrogens with zero attached hydrogens (tertiary/aromatic N) is 2. The zero-order valence-electron chi connectivity index (χ0n) is 16.4. The Kier molecular flexibility index (Phi) is 6.85. The number of hydrogen-bond acceptors (Lipinski definition) is 6. The number of aryl methyl sites for hydroxylation is 1. The van der Waals surface area contributed by atoms with E-state index in [2.05, 4.69) is 10.1 Å². The summed E-state index contributed by atoms with van der Waals surface area (Å²) in [7, 11) is 0. The third kappa shape index (κ3) is 6.68. The highest BCUT2D eigenvalue weighted by Gasteiger charge is 2.44. The third-order valence-electron chi connectivity index (χ3n) is 5.36. The standard InChI is InChI=1S/C17H26N2O3.C2HF3O2/c1-13-7-15(18-22-13)9-19-6-2-5-17(12-19)8-16(11-21-17)20-10-14-3-4-14;3-2(4,5)1(6)7/h7,14,16H,2-6,8-12H2,1H3;(H,6,7)/t16-,17+;/m1./s1. The minimum absolute atomic E-state index is 0.00521. The van der Waals surface area contributed by atoms with Crippen molar-refractivity contribution in [2.75, 3.05) is 26.3 Å². The average molecular weight is 420 g/mol. The van der Waals surface area contributed by atoms with Gasteiger partial charge in [-0.1, -0.05) is 5.16 Å². The lowest BCUT2D eigenvalue weighted by atomic mass is 9.89. The number of piperidine rings is 1. The van der Waals surface area contributed by atoms with Crippen LogP contribution in [0.3, 0.4) is 0 Å². The van der Waals surface area contributed by atoms with E-state index in [4.69, 9.17) is 23.9 Å². The SMILES string of the molecule is Cc1cc(CN2CCC[C@]3(C[C@@H](OCC4CC4)CO3)C2)no1.O=C(O)C(F)(F)F. The Hall–Kier alpha value is -1.65. The molecular formula is C19H27F3N2O5. The van der Waals surface area contributed by atoms with E-state index in [1.165, 1.54) is 19.3 Å². The molecule has 1 spiro atoms. The maximum absolute atomic E-state index is 10.6. The van der Waals surface area contributed by atoms with Crippen LogP contribution in [0, 0.1) is 12.8 Å². The number of alkyl halides is 3. The lowest BCUT2D eigenvalue weighted by molar-refractivity contribution is -0.192. The van der Waals surface area contributed by atoms with Gasteiger partial charge in [0, 0.05) is 32.2 Å². The van der Waals surface area contributed by atoms with Gasteiger partial charge in [0.2, 0.25) is 0 Å². The van der Waals surface area contributed by atoms with Crippen LogP contribution < -0.4 is 0 Å². The van der Waals surface area contributed by atoms with Crippen molar-refractivity contribution in [2.24, 2.45) is 5.92 Å². The Morgan fingerprint density at radius 1 is 1.45 bits per heavy atom. The van der Waals surface area contributed by atoms with Gasteiger partial charge in [-0.3, -0.25) is 4.90 Å². The minimum atomic E-state index is -5.08. The number of carbonyl (C=O) groups is 1. The fourth-order valence-electron chi connectivity index (χ4n) is 3.80. The van der Waals surface area contributed by atoms with Crippen LogP contribution in [0.1, 0.15) is 43.6 Å². The molecule has 0 unspecified atom stereocenters. The van der Waals surface area contributed by atoms with E-state index in [0.717, 1.165) is 63.1 Å². The molecule has 0 aromatic carbocycles. The first-order valence-electron chi connectivity index (χ1n) is 9.85. The molecule has 2 atom stereocenters. The molecule has 1 N–H and O–H groups in total. The summed E-state index contributed by atoms with van der Waals surface area (Å²) in [4.78, 5) is 11.3. The first-order chi connectivity index (χ1) is 13.7. The van der Waals surface area contributed by atoms with E-state index in [1.807, 2.05) is 13.0 Å². The number of likely N-dealkylation sites (tertiary alicyclic amines) is 1. The number of halogens is 3. The van der Waals surface area contributed by atoms with Crippen LogP contribution in [0.2, 0.25) is 0 Å². The number of ether oxygens (including phenoxy) is 2. The van der Waals surface area contributed by atoms with Crippen molar-refractivity contribution in [1.82, 2.24) is 10.1 Å². The van der Waals surface area contributed by atoms with Gasteiger partial charge in [-0.25, -0.2) is 4.79 Å². The summed E-state index contributed by atoms with van der Waals surface area (Å²) in [5.41, 5.74) is 1.03. The van der Waals surface area contributed by atoms with Crippen molar-refractivity contribution in [3.8, 4) is 0 Å². The molecule has 1 aliphatic carbocycles. The van der Waals surface area contributed by atoms with Gasteiger partial charge in [-0.05, 0) is 45.1 Å². The Balaban J connectivity index is 0.000000298. The first-order valence-corrected chi connectivity index (χ1v) is 9.85. The van der Waals surface area contributed by atoms with E-state index >= 15 is 0 Å². The Morgan fingerprint density at radius 3 is 2.76 bits per heavy atom. The lowest BCUT2D eigenvalue weighted by Gasteiger charge is -2.39. The summed E-state index contributed by atoms with van der Waals surface area (Å²) in [5.74, 6) is -1.05. The van der Waals surface area contributed by atoms with Crippen molar-refractivity contribution in [1.29, 1.82) is 0 Å². The summed E-state index contributed by atoms with van der Waals surface area (Å²) >= 11 is 0. The highest BCUT2D eigenvalue weighted by molar-refractivity contribution is 5.73. The van der Waals surface area contributed by atoms with Crippen LogP contribution in [0.15, 0.2) is 10.6 Å². The fraction of sp³-hybridized carbons (Fsp3) is 0.789. The monoisotopic (exact) mass is 420 g/mol. The second-order valence-electron chi connectivity index (χ2n) is 8.14. The van der Waals surface area contributed by atoms with Gasteiger partial charge >= 0.3 is 12.1 Å². The molecule has 3 heterocycles. The minimum Gasteiger partial charge on any atom is -0.475 e. The first kappa shape index (κ1) is 22.0. The number of rotatable bonds is 5. The maximum atomic E-state index is 10.6. The van der Waals surface area contributed by atoms with Gasteiger partial charge in [-0.2, -0.15) is 13.2 Å². The van der Waals surface area contributed by atoms with Gasteiger partial charge in [0.15, 0.2) is 0 Å². The van der Waals surface area contributed by atoms with Crippen LogP contribution in [0.5, 0.6) is 0 Å². The van der Waals surface area contributed by atoms with Crippen LogP contribution >= 0.6 is 0 Å². The molecule has 10 heteroatoms. The fourth-order valence-corrected chi connectivity index (χ4v) is 3.80. The van der Waals surface area contributed by atoms with Crippen molar-refractivity contribution in [3.63, 3.8) is 0 Å². The van der Waals surface area contributed by atoms with E-state index in [-0.39, 0.29) is 5.60 Å². The van der Waals surface area contributed by atoms with Crippen LogP contribution in [0.4, 0.5) is 13.2 Å². The molecule has 0 bridgehead atoms. The van der Waals surface area contributed by atoms with E-state index in [0.29, 0.717) is 6.10 Å². The largest absolute Gasteiger partial charge is 0.490 e. The quantitative estimate of drug-likeness (QED) is 0.783. The van der Waals surface area contributed by atoms with Gasteiger partial charge in [0.25, 0.3) is 0 Å². The number of aliphatic carboxylic acids is 1. The maximum Gasteiger partial charge on any atom is 0.490 e. The lowest BCUT2D eigenvalue weighted by Crippen LogP contribution is -2.47. The van der Waals surface area contributed by atoms with Crippen LogP contribution in [-0.4, -0.2) is 65.3 Å². The molecule has 164 valence electrons. The third-order valence-corrected chi connectivity index (χ3v) is 5.36.